The number of hydrogen-bond donors (Lipinski definition) is 2. The second-order valence-electron chi connectivity index (χ2n) is 4.01. The molecule has 0 unspecified atom stereocenters. The lowest BCUT2D eigenvalue weighted by Gasteiger charge is -2.18. The van der Waals surface area contributed by atoms with Gasteiger partial charge in [0.15, 0.2) is 5.81 Å². The molecular formula is C8H14BNO3. The summed E-state index contributed by atoms with van der Waals surface area (Å²) in [5.41, 5.74) is -0.646. The largest absolute Gasteiger partial charge is 0.481 e. The molecule has 1 fully saturated rings. The molecule has 0 bridgehead atoms. The first kappa shape index (κ1) is 10.1. The predicted octanol–water partition coefficient (Wildman–Crippen LogP) is -0.0275. The van der Waals surface area contributed by atoms with Crippen LogP contribution in [0.5, 0.6) is 0 Å². The Hall–Kier alpha value is -0.995. The highest BCUT2D eigenvalue weighted by atomic mass is 16.4. The van der Waals surface area contributed by atoms with Crippen molar-refractivity contribution in [2.45, 2.75) is 32.2 Å². The predicted molar refractivity (Wildman–Crippen MR) is 50.5 cm³/mol. The molecule has 0 radical (unpaired) electrons. The second kappa shape index (κ2) is 3.40. The van der Waals surface area contributed by atoms with E-state index in [1.807, 2.05) is 0 Å². The smallest absolute Gasteiger partial charge is 0.309 e. The molecule has 2 atom stereocenters. The molecule has 0 saturated heterocycles. The minimum Gasteiger partial charge on any atom is -0.481 e. The van der Waals surface area contributed by atoms with E-state index < -0.39 is 11.4 Å². The van der Waals surface area contributed by atoms with Crippen molar-refractivity contribution in [2.75, 3.05) is 0 Å². The Morgan fingerprint density at radius 2 is 2.23 bits per heavy atom. The van der Waals surface area contributed by atoms with Crippen LogP contribution in [0.2, 0.25) is 0 Å². The van der Waals surface area contributed by atoms with E-state index in [4.69, 9.17) is 5.11 Å². The van der Waals surface area contributed by atoms with Crippen molar-refractivity contribution < 1.29 is 14.7 Å². The Morgan fingerprint density at radius 1 is 1.62 bits per heavy atom. The fraction of sp³-hybridized carbons (Fsp3) is 0.750. The number of amides is 1. The Morgan fingerprint density at radius 3 is 2.62 bits per heavy atom. The van der Waals surface area contributed by atoms with Crippen molar-refractivity contribution in [1.29, 1.82) is 0 Å². The van der Waals surface area contributed by atoms with E-state index in [2.05, 4.69) is 5.32 Å². The summed E-state index contributed by atoms with van der Waals surface area (Å²) in [7, 11) is 1.45. The van der Waals surface area contributed by atoms with Gasteiger partial charge in [0.1, 0.15) is 0 Å². The number of carboxylic acids is 1. The summed E-state index contributed by atoms with van der Waals surface area (Å²) in [6.45, 7) is 1.73. The zero-order valence-corrected chi connectivity index (χ0v) is 7.96. The number of aliphatic carboxylic acids is 1. The molecule has 1 aliphatic rings. The lowest BCUT2D eigenvalue weighted by Crippen LogP contribution is -2.34. The maximum absolute atomic E-state index is 10.8. The van der Waals surface area contributed by atoms with Crippen molar-refractivity contribution >= 4 is 19.6 Å². The van der Waals surface area contributed by atoms with Crippen molar-refractivity contribution in [3.8, 4) is 0 Å². The molecular weight excluding hydrogens is 169 g/mol. The van der Waals surface area contributed by atoms with Gasteiger partial charge < -0.3 is 10.4 Å². The fourth-order valence-corrected chi connectivity index (χ4v) is 1.85. The van der Waals surface area contributed by atoms with E-state index in [0.29, 0.717) is 12.8 Å². The van der Waals surface area contributed by atoms with Gasteiger partial charge in [-0.3, -0.25) is 9.59 Å². The number of rotatable bonds is 2. The average Bonchev–Trinajstić information content (AvgIpc) is 2.32. The van der Waals surface area contributed by atoms with Gasteiger partial charge in [-0.2, -0.15) is 0 Å². The van der Waals surface area contributed by atoms with Gasteiger partial charge in [0, 0.05) is 6.04 Å². The molecule has 13 heavy (non-hydrogen) atoms. The molecule has 0 spiro atoms. The van der Waals surface area contributed by atoms with Crippen molar-refractivity contribution in [3.63, 3.8) is 0 Å². The lowest BCUT2D eigenvalue weighted by atomic mass is 9.89. The van der Waals surface area contributed by atoms with Crippen LogP contribution in [0.1, 0.15) is 26.2 Å². The van der Waals surface area contributed by atoms with Crippen LogP contribution in [-0.4, -0.2) is 30.8 Å². The van der Waals surface area contributed by atoms with E-state index in [1.165, 1.54) is 7.85 Å². The third-order valence-corrected chi connectivity index (χ3v) is 2.67. The summed E-state index contributed by atoms with van der Waals surface area (Å²) >= 11 is 0. The Bertz CT molecular complexity index is 244. The minimum atomic E-state index is -0.764. The summed E-state index contributed by atoms with van der Waals surface area (Å²) in [6, 6.07) is 0.0404. The van der Waals surface area contributed by atoms with Crippen LogP contribution in [0.25, 0.3) is 0 Å². The molecule has 0 heterocycles. The minimum absolute atomic E-state index is 0.0404. The van der Waals surface area contributed by atoms with Crippen molar-refractivity contribution in [2.24, 2.45) is 5.41 Å². The number of carbonyl (C=O) groups excluding carboxylic acids is 1. The van der Waals surface area contributed by atoms with E-state index in [9.17, 15) is 9.59 Å². The molecule has 1 amide bonds. The van der Waals surface area contributed by atoms with Gasteiger partial charge in [0.2, 0.25) is 7.85 Å². The maximum Gasteiger partial charge on any atom is 0.309 e. The molecule has 5 heteroatoms. The van der Waals surface area contributed by atoms with Gasteiger partial charge in [-0.15, -0.1) is 0 Å². The van der Waals surface area contributed by atoms with E-state index >= 15 is 0 Å². The molecule has 2 N–H and O–H groups in total. The zero-order valence-electron chi connectivity index (χ0n) is 7.96. The normalized spacial score (nSPS) is 32.8. The monoisotopic (exact) mass is 183 g/mol. The van der Waals surface area contributed by atoms with Crippen LogP contribution < -0.4 is 5.32 Å². The number of carboxylic acid groups (broad SMARTS) is 1. The standard InChI is InChI=1S/C8H14BNO3/c1-8(6(11)12)3-2-5(4-8)10-7(9)13/h5H,2-4,9H2,1H3,(H,10,13)(H,11,12)/t5-,8+/m1/s1. The SMILES string of the molecule is BC(=O)N[C@@H]1CC[C@](C)(C(=O)O)C1. The van der Waals surface area contributed by atoms with Gasteiger partial charge >= 0.3 is 5.97 Å². The van der Waals surface area contributed by atoms with Crippen LogP contribution in [0, 0.1) is 5.41 Å². The van der Waals surface area contributed by atoms with Crippen LogP contribution in [-0.2, 0) is 4.79 Å². The molecule has 0 aliphatic heterocycles. The molecule has 4 nitrogen and oxygen atoms in total. The Kier molecular flexibility index (Phi) is 2.64. The number of nitrogens with one attached hydrogen (secondary N) is 1. The highest BCUT2D eigenvalue weighted by molar-refractivity contribution is 6.57. The molecule has 0 aromatic rings. The van der Waals surface area contributed by atoms with E-state index in [0.717, 1.165) is 6.42 Å². The first-order valence-electron chi connectivity index (χ1n) is 4.44. The first-order valence-corrected chi connectivity index (χ1v) is 4.44. The summed E-state index contributed by atoms with van der Waals surface area (Å²) in [5, 5.41) is 11.7. The van der Waals surface area contributed by atoms with Gasteiger partial charge in [-0.05, 0) is 26.2 Å². The summed E-state index contributed by atoms with van der Waals surface area (Å²) < 4.78 is 0. The Labute approximate surface area is 78.1 Å². The van der Waals surface area contributed by atoms with Crippen molar-refractivity contribution in [3.05, 3.63) is 0 Å². The highest BCUT2D eigenvalue weighted by Crippen LogP contribution is 2.37. The molecule has 0 aromatic carbocycles. The fourth-order valence-electron chi connectivity index (χ4n) is 1.85. The summed E-state index contributed by atoms with van der Waals surface area (Å²) in [5.74, 6) is -0.847. The molecule has 0 aromatic heterocycles. The summed E-state index contributed by atoms with van der Waals surface area (Å²) in [6.07, 6.45) is 1.96. The highest BCUT2D eigenvalue weighted by Gasteiger charge is 2.41. The van der Waals surface area contributed by atoms with Crippen LogP contribution >= 0.6 is 0 Å². The third-order valence-electron chi connectivity index (χ3n) is 2.67. The summed E-state index contributed by atoms with van der Waals surface area (Å²) in [4.78, 5) is 21.6. The third kappa shape index (κ3) is 2.23. The van der Waals surface area contributed by atoms with Crippen LogP contribution in [0.3, 0.4) is 0 Å². The molecule has 1 saturated carbocycles. The van der Waals surface area contributed by atoms with Gasteiger partial charge in [0.25, 0.3) is 0 Å². The Balaban J connectivity index is 2.53. The number of carbonyl (C=O) groups is 2. The maximum atomic E-state index is 10.8. The van der Waals surface area contributed by atoms with Crippen LogP contribution in [0.15, 0.2) is 0 Å². The van der Waals surface area contributed by atoms with Gasteiger partial charge in [0.05, 0.1) is 5.41 Å². The lowest BCUT2D eigenvalue weighted by molar-refractivity contribution is -0.147. The van der Waals surface area contributed by atoms with Gasteiger partial charge in [-0.1, -0.05) is 0 Å². The molecule has 1 aliphatic carbocycles. The van der Waals surface area contributed by atoms with Crippen molar-refractivity contribution in [1.82, 2.24) is 5.32 Å². The second-order valence-corrected chi connectivity index (χ2v) is 4.01. The number of hydrogen-bond acceptors (Lipinski definition) is 2. The van der Waals surface area contributed by atoms with E-state index in [-0.39, 0.29) is 11.8 Å². The topological polar surface area (TPSA) is 66.4 Å². The van der Waals surface area contributed by atoms with Gasteiger partial charge in [-0.25, -0.2) is 0 Å². The molecule has 72 valence electrons. The first-order chi connectivity index (χ1) is 5.94. The molecule has 1 rings (SSSR count). The average molecular weight is 183 g/mol. The quantitative estimate of drug-likeness (QED) is 0.591. The van der Waals surface area contributed by atoms with Crippen LogP contribution in [0.4, 0.5) is 4.79 Å². The van der Waals surface area contributed by atoms with E-state index in [1.54, 1.807) is 6.92 Å². The zero-order chi connectivity index (χ0) is 10.1.